The van der Waals surface area contributed by atoms with Crippen molar-refractivity contribution in [2.75, 3.05) is 17.3 Å². The van der Waals surface area contributed by atoms with Crippen LogP contribution in [0.3, 0.4) is 0 Å². The second kappa shape index (κ2) is 7.03. The van der Waals surface area contributed by atoms with Crippen LogP contribution in [-0.2, 0) is 10.8 Å². The van der Waals surface area contributed by atoms with Gasteiger partial charge in [0, 0.05) is 46.9 Å². The number of rotatable bonds is 5. The van der Waals surface area contributed by atoms with Crippen LogP contribution in [0.4, 0.5) is 10.5 Å². The van der Waals surface area contributed by atoms with Gasteiger partial charge in [-0.1, -0.05) is 0 Å². The maximum atomic E-state index is 11.8. The topological polar surface area (TPSA) is 76.0 Å². The van der Waals surface area contributed by atoms with Crippen LogP contribution in [0, 0.1) is 0 Å². The lowest BCUT2D eigenvalue weighted by atomic mass is 10.3. The first-order chi connectivity index (χ1) is 10.0. The van der Waals surface area contributed by atoms with Crippen molar-refractivity contribution in [1.29, 1.82) is 0 Å². The molecule has 0 saturated heterocycles. The van der Waals surface area contributed by atoms with Gasteiger partial charge in [-0.2, -0.15) is 5.10 Å². The molecular formula is C14H18N4O2S. The highest BCUT2D eigenvalue weighted by atomic mass is 32.2. The first-order valence-corrected chi connectivity index (χ1v) is 8.25. The van der Waals surface area contributed by atoms with Crippen molar-refractivity contribution < 1.29 is 9.00 Å². The minimum Gasteiger partial charge on any atom is -0.334 e. The predicted octanol–water partition coefficient (Wildman–Crippen LogP) is 1.76. The summed E-state index contributed by atoms with van der Waals surface area (Å²) >= 11 is 0. The zero-order valence-corrected chi connectivity index (χ0v) is 12.8. The molecule has 0 saturated carbocycles. The van der Waals surface area contributed by atoms with Crippen LogP contribution in [0.1, 0.15) is 6.92 Å². The highest BCUT2D eigenvalue weighted by molar-refractivity contribution is 7.84. The van der Waals surface area contributed by atoms with Gasteiger partial charge in [0.1, 0.15) is 0 Å². The molecule has 2 atom stereocenters. The molecule has 1 heterocycles. The lowest BCUT2D eigenvalue weighted by molar-refractivity contribution is 0.250. The van der Waals surface area contributed by atoms with E-state index < -0.39 is 10.8 Å². The molecule has 1 aromatic heterocycles. The zero-order valence-electron chi connectivity index (χ0n) is 11.9. The Morgan fingerprint density at radius 1 is 1.38 bits per heavy atom. The van der Waals surface area contributed by atoms with E-state index in [-0.39, 0.29) is 12.1 Å². The number of hydrogen-bond acceptors (Lipinski definition) is 3. The number of benzene rings is 1. The number of nitrogens with one attached hydrogen (secondary N) is 2. The standard InChI is InChI=1S/C14H18N4O2S/c1-11(10-21(2)20)16-14(19)17-12-4-6-13(7-5-12)18-9-3-8-15-18/h3-9,11H,10H2,1-2H3,(H2,16,17,19). The number of hydrogen-bond donors (Lipinski definition) is 2. The molecule has 6 nitrogen and oxygen atoms in total. The van der Waals surface area contributed by atoms with Gasteiger partial charge < -0.3 is 10.6 Å². The summed E-state index contributed by atoms with van der Waals surface area (Å²) in [4.78, 5) is 11.8. The molecule has 2 amide bonds. The average Bonchev–Trinajstić information content (AvgIpc) is 2.92. The Morgan fingerprint density at radius 2 is 2.10 bits per heavy atom. The summed E-state index contributed by atoms with van der Waals surface area (Å²) in [5.41, 5.74) is 1.61. The van der Waals surface area contributed by atoms with Gasteiger partial charge in [-0.25, -0.2) is 9.48 Å². The molecule has 0 bridgehead atoms. The van der Waals surface area contributed by atoms with Gasteiger partial charge in [-0.3, -0.25) is 4.21 Å². The number of anilines is 1. The Balaban J connectivity index is 1.91. The molecule has 21 heavy (non-hydrogen) atoms. The summed E-state index contributed by atoms with van der Waals surface area (Å²) in [6, 6.07) is 8.75. The molecule has 0 spiro atoms. The lowest BCUT2D eigenvalue weighted by Gasteiger charge is -2.13. The number of amides is 2. The Morgan fingerprint density at radius 3 is 2.67 bits per heavy atom. The number of urea groups is 1. The van der Waals surface area contributed by atoms with Gasteiger partial charge in [0.15, 0.2) is 0 Å². The normalized spacial score (nSPS) is 13.4. The van der Waals surface area contributed by atoms with Crippen LogP contribution < -0.4 is 10.6 Å². The second-order valence-electron chi connectivity index (χ2n) is 4.74. The van der Waals surface area contributed by atoms with Gasteiger partial charge in [0.25, 0.3) is 0 Å². The third kappa shape index (κ3) is 4.71. The van der Waals surface area contributed by atoms with Crippen molar-refractivity contribution in [3.8, 4) is 5.69 Å². The van der Waals surface area contributed by atoms with Gasteiger partial charge in [-0.05, 0) is 37.3 Å². The Kier molecular flexibility index (Phi) is 5.10. The number of aromatic nitrogens is 2. The molecule has 2 aromatic rings. The second-order valence-corrected chi connectivity index (χ2v) is 6.22. The van der Waals surface area contributed by atoms with Crippen molar-refractivity contribution in [2.24, 2.45) is 0 Å². The van der Waals surface area contributed by atoms with Crippen molar-refractivity contribution in [1.82, 2.24) is 15.1 Å². The van der Waals surface area contributed by atoms with Crippen LogP contribution in [0.2, 0.25) is 0 Å². The third-order valence-electron chi connectivity index (χ3n) is 2.76. The first kappa shape index (κ1) is 15.2. The highest BCUT2D eigenvalue weighted by Gasteiger charge is 2.08. The fraction of sp³-hybridized carbons (Fsp3) is 0.286. The molecule has 2 rings (SSSR count). The van der Waals surface area contributed by atoms with Gasteiger partial charge in [0.05, 0.1) is 5.69 Å². The summed E-state index contributed by atoms with van der Waals surface area (Å²) in [6.45, 7) is 1.82. The van der Waals surface area contributed by atoms with E-state index in [9.17, 15) is 9.00 Å². The minimum absolute atomic E-state index is 0.140. The van der Waals surface area contributed by atoms with E-state index in [2.05, 4.69) is 15.7 Å². The van der Waals surface area contributed by atoms with Gasteiger partial charge in [0.2, 0.25) is 0 Å². The molecule has 2 unspecified atom stereocenters. The van der Waals surface area contributed by atoms with E-state index in [1.807, 2.05) is 31.3 Å². The molecule has 0 radical (unpaired) electrons. The minimum atomic E-state index is -0.931. The molecule has 112 valence electrons. The summed E-state index contributed by atoms with van der Waals surface area (Å²) < 4.78 is 12.8. The van der Waals surface area contributed by atoms with Crippen LogP contribution in [0.5, 0.6) is 0 Å². The molecule has 0 aliphatic carbocycles. The molecule has 1 aromatic carbocycles. The molecule has 2 N–H and O–H groups in total. The summed E-state index contributed by atoms with van der Waals surface area (Å²) in [6.07, 6.45) is 5.17. The number of nitrogens with zero attached hydrogens (tertiary/aromatic N) is 2. The Hall–Kier alpha value is -2.15. The van der Waals surface area contributed by atoms with E-state index in [1.165, 1.54) is 0 Å². The van der Waals surface area contributed by atoms with Gasteiger partial charge in [-0.15, -0.1) is 0 Å². The number of carbonyl (C=O) groups is 1. The monoisotopic (exact) mass is 306 g/mol. The van der Waals surface area contributed by atoms with E-state index in [0.29, 0.717) is 11.4 Å². The Labute approximate surface area is 126 Å². The van der Waals surface area contributed by atoms with Crippen LogP contribution in [-0.4, -0.2) is 38.1 Å². The fourth-order valence-corrected chi connectivity index (χ4v) is 2.69. The SMILES string of the molecule is CC(CS(C)=O)NC(=O)Nc1ccc(-n2cccn2)cc1. The predicted molar refractivity (Wildman–Crippen MR) is 84.1 cm³/mol. The van der Waals surface area contributed by atoms with Crippen molar-refractivity contribution in [3.63, 3.8) is 0 Å². The van der Waals surface area contributed by atoms with E-state index in [1.54, 1.807) is 29.3 Å². The smallest absolute Gasteiger partial charge is 0.319 e. The molecule has 0 aliphatic rings. The van der Waals surface area contributed by atoms with Crippen molar-refractivity contribution in [3.05, 3.63) is 42.7 Å². The molecule has 0 fully saturated rings. The fourth-order valence-electron chi connectivity index (χ4n) is 1.90. The highest BCUT2D eigenvalue weighted by Crippen LogP contribution is 2.12. The maximum Gasteiger partial charge on any atom is 0.319 e. The van der Waals surface area contributed by atoms with E-state index in [4.69, 9.17) is 0 Å². The van der Waals surface area contributed by atoms with Crippen molar-refractivity contribution in [2.45, 2.75) is 13.0 Å². The first-order valence-electron chi connectivity index (χ1n) is 6.52. The maximum absolute atomic E-state index is 11.8. The van der Waals surface area contributed by atoms with Crippen LogP contribution in [0.25, 0.3) is 5.69 Å². The zero-order chi connectivity index (χ0) is 15.2. The Bertz CT molecular complexity index is 610. The molecular weight excluding hydrogens is 288 g/mol. The largest absolute Gasteiger partial charge is 0.334 e. The third-order valence-corrected chi connectivity index (χ3v) is 3.73. The lowest BCUT2D eigenvalue weighted by Crippen LogP contribution is -2.39. The quantitative estimate of drug-likeness (QED) is 0.884. The van der Waals surface area contributed by atoms with Crippen LogP contribution in [0.15, 0.2) is 42.7 Å². The van der Waals surface area contributed by atoms with Gasteiger partial charge >= 0.3 is 6.03 Å². The van der Waals surface area contributed by atoms with Crippen molar-refractivity contribution >= 4 is 22.5 Å². The van der Waals surface area contributed by atoms with E-state index >= 15 is 0 Å². The summed E-state index contributed by atoms with van der Waals surface area (Å²) in [5.74, 6) is 0.436. The molecule has 0 aliphatic heterocycles. The van der Waals surface area contributed by atoms with Crippen LogP contribution >= 0.6 is 0 Å². The number of carbonyl (C=O) groups excluding carboxylic acids is 1. The summed E-state index contributed by atoms with van der Waals surface area (Å²) in [5, 5.41) is 9.61. The van der Waals surface area contributed by atoms with E-state index in [0.717, 1.165) is 5.69 Å². The molecule has 7 heteroatoms. The average molecular weight is 306 g/mol. The summed E-state index contributed by atoms with van der Waals surface area (Å²) in [7, 11) is -0.931.